The van der Waals surface area contributed by atoms with Gasteiger partial charge in [0.15, 0.2) is 8.32 Å². The first kappa shape index (κ1) is 32.0. The molecule has 0 unspecified atom stereocenters. The Balaban J connectivity index is 0.00000140. The van der Waals surface area contributed by atoms with Gasteiger partial charge in [0, 0.05) is 12.0 Å². The van der Waals surface area contributed by atoms with Gasteiger partial charge in [0.2, 0.25) is 0 Å². The van der Waals surface area contributed by atoms with Crippen molar-refractivity contribution >= 4 is 8.32 Å². The Kier molecular flexibility index (Phi) is 10.3. The van der Waals surface area contributed by atoms with Crippen molar-refractivity contribution in [2.75, 3.05) is 6.61 Å². The van der Waals surface area contributed by atoms with Crippen molar-refractivity contribution in [1.29, 1.82) is 0 Å². The second-order valence-electron chi connectivity index (χ2n) is 11.7. The summed E-state index contributed by atoms with van der Waals surface area (Å²) < 4.78 is 6.32. The van der Waals surface area contributed by atoms with Gasteiger partial charge in [0.05, 0.1) is 0 Å². The number of hydrogen-bond donors (Lipinski definition) is 0. The maximum absolute atomic E-state index is 6.32. The molecule has 1 nitrogen and oxygen atoms in total. The van der Waals surface area contributed by atoms with Crippen molar-refractivity contribution in [2.45, 2.75) is 57.7 Å². The molecule has 0 saturated heterocycles. The third kappa shape index (κ3) is 5.95. The molecular weight excluding hydrogens is 615 g/mol. The predicted octanol–water partition coefficient (Wildman–Crippen LogP) is 2.77. The molecule has 5 heteroatoms. The zero-order chi connectivity index (χ0) is 24.9. The molecule has 0 spiro atoms. The summed E-state index contributed by atoms with van der Waals surface area (Å²) in [6, 6.07) is 31.9. The van der Waals surface area contributed by atoms with E-state index in [4.69, 9.17) is 4.43 Å². The Hall–Kier alpha value is -1.48. The van der Waals surface area contributed by atoms with E-state index in [9.17, 15) is 0 Å². The van der Waals surface area contributed by atoms with Crippen molar-refractivity contribution in [2.24, 2.45) is 0 Å². The molecule has 0 fully saturated rings. The van der Waals surface area contributed by atoms with Crippen LogP contribution in [0.3, 0.4) is 0 Å². The van der Waals surface area contributed by atoms with Crippen LogP contribution in [0.5, 0.6) is 0 Å². The minimum Gasteiger partial charge on any atom is -1.00 e. The molecule has 0 saturated carbocycles. The quantitative estimate of drug-likeness (QED) is 0.191. The van der Waals surface area contributed by atoms with Crippen molar-refractivity contribution in [3.63, 3.8) is 0 Å². The first-order chi connectivity index (χ1) is 17.4. The molecule has 0 aromatic heterocycles. The van der Waals surface area contributed by atoms with Crippen LogP contribution in [0.1, 0.15) is 53.1 Å². The number of halogens is 2. The van der Waals surface area contributed by atoms with Crippen molar-refractivity contribution in [3.05, 3.63) is 118 Å². The summed E-state index contributed by atoms with van der Waals surface area (Å²) in [6.07, 6.45) is 4.20. The molecule has 2 aliphatic rings. The van der Waals surface area contributed by atoms with E-state index in [0.29, 0.717) is 0 Å². The third-order valence-electron chi connectivity index (χ3n) is 8.25. The van der Waals surface area contributed by atoms with Gasteiger partial charge in [0.25, 0.3) is 0 Å². The molecule has 2 aliphatic carbocycles. The van der Waals surface area contributed by atoms with Crippen LogP contribution < -0.4 is 24.8 Å². The van der Waals surface area contributed by atoms with Crippen LogP contribution in [-0.2, 0) is 48.9 Å². The average molecular weight is 651 g/mol. The third-order valence-corrected chi connectivity index (χ3v) is 9.32. The van der Waals surface area contributed by atoms with E-state index in [-0.39, 0.29) is 56.4 Å². The van der Waals surface area contributed by atoms with Crippen LogP contribution in [0, 0.1) is 0 Å². The van der Waals surface area contributed by atoms with Gasteiger partial charge in [-0.1, -0.05) is 91.9 Å². The standard InChI is InChI=1S/C34H36OSi.2ClH.Zr/c1-34(20-11-21-35-36(2,3)4,32-18-9-16-28-26-14-7-5-12-24(26)22-30(28)32)33-19-10-17-29-27-15-8-6-13-25(27)23-31(29)33;;;/h5-10,12-19H,11,20-23H2,1-4H3;2*1H;/q;;;+2/p-2. The summed E-state index contributed by atoms with van der Waals surface area (Å²) in [5.41, 5.74) is 14.5. The van der Waals surface area contributed by atoms with Gasteiger partial charge < -0.3 is 29.2 Å². The van der Waals surface area contributed by atoms with Gasteiger partial charge in [-0.3, -0.25) is 0 Å². The molecule has 6 rings (SSSR count). The molecule has 0 aliphatic heterocycles. The molecule has 4 aromatic carbocycles. The fourth-order valence-electron chi connectivity index (χ4n) is 6.57. The Morgan fingerprint density at radius 3 is 1.54 bits per heavy atom. The van der Waals surface area contributed by atoms with Crippen LogP contribution >= 0.6 is 0 Å². The zero-order valence-corrected chi connectivity index (χ0v) is 28.3. The summed E-state index contributed by atoms with van der Waals surface area (Å²) in [4.78, 5) is 0. The van der Waals surface area contributed by atoms with Crippen LogP contribution in [0.25, 0.3) is 22.3 Å². The molecule has 39 heavy (non-hydrogen) atoms. The first-order valence-corrected chi connectivity index (χ1v) is 16.8. The van der Waals surface area contributed by atoms with Crippen LogP contribution in [0.15, 0.2) is 84.9 Å². The van der Waals surface area contributed by atoms with E-state index >= 15 is 0 Å². The Morgan fingerprint density at radius 1 is 0.641 bits per heavy atom. The fraction of sp³-hybridized carbons (Fsp3) is 0.294. The van der Waals surface area contributed by atoms with Crippen molar-refractivity contribution in [3.8, 4) is 22.3 Å². The SMILES string of the molecule is CC(CCCO[Si](C)(C)C)(c1cccc2c1Cc1ccccc1-2)c1cccc2c1Cc1ccccc1-2.[Cl-].[Cl-].[Zr+2]. The summed E-state index contributed by atoms with van der Waals surface area (Å²) in [5.74, 6) is 0. The van der Waals surface area contributed by atoms with E-state index in [1.165, 1.54) is 55.6 Å². The maximum Gasteiger partial charge on any atom is 2.00 e. The minimum absolute atomic E-state index is 0. The minimum atomic E-state index is -1.53. The van der Waals surface area contributed by atoms with Crippen molar-refractivity contribution < 1.29 is 55.4 Å². The smallest absolute Gasteiger partial charge is 1.00 e. The maximum atomic E-state index is 6.32. The molecule has 0 N–H and O–H groups in total. The van der Waals surface area contributed by atoms with Crippen molar-refractivity contribution in [1.82, 2.24) is 0 Å². The first-order valence-electron chi connectivity index (χ1n) is 13.4. The van der Waals surface area contributed by atoms with E-state index in [0.717, 1.165) is 32.3 Å². The molecule has 0 heterocycles. The molecule has 4 aromatic rings. The normalized spacial score (nSPS) is 12.7. The fourth-order valence-corrected chi connectivity index (χ4v) is 7.32. The van der Waals surface area contributed by atoms with E-state index in [1.807, 2.05) is 0 Å². The van der Waals surface area contributed by atoms with Gasteiger partial charge in [-0.2, -0.15) is 0 Å². The van der Waals surface area contributed by atoms with Crippen LogP contribution in [-0.4, -0.2) is 14.9 Å². The van der Waals surface area contributed by atoms with Crippen LogP contribution in [0.4, 0.5) is 0 Å². The second-order valence-corrected chi connectivity index (χ2v) is 16.2. The van der Waals surface area contributed by atoms with Crippen LogP contribution in [0.2, 0.25) is 19.6 Å². The molecule has 0 amide bonds. The zero-order valence-electron chi connectivity index (χ0n) is 23.3. The van der Waals surface area contributed by atoms with Gasteiger partial charge in [0.1, 0.15) is 0 Å². The Labute approximate surface area is 266 Å². The largest absolute Gasteiger partial charge is 2.00 e. The van der Waals surface area contributed by atoms with E-state index in [1.54, 1.807) is 0 Å². The molecular formula is C34H36Cl2OSiZr. The number of rotatable bonds is 7. The monoisotopic (exact) mass is 648 g/mol. The van der Waals surface area contributed by atoms with E-state index < -0.39 is 8.32 Å². The second kappa shape index (κ2) is 12.6. The number of benzene rings is 4. The topological polar surface area (TPSA) is 9.23 Å². The predicted molar refractivity (Wildman–Crippen MR) is 154 cm³/mol. The van der Waals surface area contributed by atoms with Gasteiger partial charge >= 0.3 is 26.2 Å². The number of fused-ring (bicyclic) bond motifs is 6. The Bertz CT molecular complexity index is 1360. The molecule has 0 radical (unpaired) electrons. The van der Waals surface area contributed by atoms with Gasteiger partial charge in [-0.15, -0.1) is 0 Å². The van der Waals surface area contributed by atoms with Gasteiger partial charge in [-0.05, 0) is 101 Å². The van der Waals surface area contributed by atoms with E-state index in [2.05, 4.69) is 111 Å². The summed E-state index contributed by atoms with van der Waals surface area (Å²) in [6.45, 7) is 10.2. The molecule has 0 atom stereocenters. The average Bonchev–Trinajstić information content (AvgIpc) is 3.44. The Morgan fingerprint density at radius 2 is 1.08 bits per heavy atom. The number of hydrogen-bond acceptors (Lipinski definition) is 1. The van der Waals surface area contributed by atoms with Gasteiger partial charge in [-0.25, -0.2) is 0 Å². The molecule has 200 valence electrons. The molecule has 0 bridgehead atoms. The summed E-state index contributed by atoms with van der Waals surface area (Å²) in [7, 11) is -1.53. The summed E-state index contributed by atoms with van der Waals surface area (Å²) >= 11 is 0. The summed E-state index contributed by atoms with van der Waals surface area (Å²) in [5, 5.41) is 0.